The lowest BCUT2D eigenvalue weighted by Crippen LogP contribution is -2.33. The molecule has 1 aromatic rings. The van der Waals surface area contributed by atoms with E-state index >= 15 is 0 Å². The number of benzene rings is 1. The van der Waals surface area contributed by atoms with Gasteiger partial charge in [-0.1, -0.05) is 18.2 Å². The molecule has 16 heavy (non-hydrogen) atoms. The Morgan fingerprint density at radius 1 is 1.31 bits per heavy atom. The molecule has 0 radical (unpaired) electrons. The van der Waals surface area contributed by atoms with E-state index in [1.165, 1.54) is 6.26 Å². The van der Waals surface area contributed by atoms with Gasteiger partial charge in [-0.15, -0.1) is 0 Å². The number of hydrogen-bond acceptors (Lipinski definition) is 3. The second kappa shape index (κ2) is 3.60. The molecule has 0 bridgehead atoms. The molecular weight excluding hydrogens is 222 g/mol. The Balaban J connectivity index is 2.63. The maximum absolute atomic E-state index is 11.6. The molecule has 0 unspecified atom stereocenters. The fourth-order valence-corrected chi connectivity index (χ4v) is 3.15. The molecule has 0 heterocycles. The van der Waals surface area contributed by atoms with Crippen molar-refractivity contribution in [3.63, 3.8) is 0 Å². The highest BCUT2D eigenvalue weighted by molar-refractivity contribution is 7.90. The molecule has 1 fully saturated rings. The summed E-state index contributed by atoms with van der Waals surface area (Å²) in [5.74, 6) is 0. The van der Waals surface area contributed by atoms with Crippen molar-refractivity contribution in [1.82, 2.24) is 0 Å². The summed E-state index contributed by atoms with van der Waals surface area (Å²) in [7, 11) is -3.25. The summed E-state index contributed by atoms with van der Waals surface area (Å²) in [5, 5.41) is 9.24. The van der Waals surface area contributed by atoms with Crippen LogP contribution in [0.2, 0.25) is 0 Å². The fraction of sp³-hybridized carbons (Fsp3) is 0.417. The molecule has 0 spiro atoms. The second-order valence-electron chi connectivity index (χ2n) is 4.32. The third kappa shape index (κ3) is 1.61. The van der Waals surface area contributed by atoms with E-state index in [9.17, 15) is 13.7 Å². The highest BCUT2D eigenvalue weighted by atomic mass is 32.2. The van der Waals surface area contributed by atoms with Gasteiger partial charge in [0, 0.05) is 6.26 Å². The van der Waals surface area contributed by atoms with E-state index in [4.69, 9.17) is 0 Å². The number of nitriles is 1. The van der Waals surface area contributed by atoms with Crippen LogP contribution in [0.4, 0.5) is 0 Å². The van der Waals surface area contributed by atoms with Gasteiger partial charge >= 0.3 is 0 Å². The summed E-state index contributed by atoms with van der Waals surface area (Å²) in [5.41, 5.74) is 0.103. The summed E-state index contributed by atoms with van der Waals surface area (Å²) in [6.45, 7) is 0. The van der Waals surface area contributed by atoms with Crippen LogP contribution in [-0.4, -0.2) is 14.7 Å². The van der Waals surface area contributed by atoms with Crippen LogP contribution >= 0.6 is 0 Å². The standard InChI is InChI=1S/C12H13NO2S/c1-16(14,15)11-6-3-2-5-10(11)12(9-13)7-4-8-12/h2-3,5-6H,4,7-8H2,1H3. The molecule has 0 aliphatic heterocycles. The lowest BCUT2D eigenvalue weighted by Gasteiger charge is -2.36. The molecule has 0 amide bonds. The first kappa shape index (κ1) is 11.2. The second-order valence-corrected chi connectivity index (χ2v) is 6.30. The van der Waals surface area contributed by atoms with E-state index < -0.39 is 15.3 Å². The largest absolute Gasteiger partial charge is 0.224 e. The van der Waals surface area contributed by atoms with Crippen LogP contribution in [-0.2, 0) is 15.3 Å². The first-order valence-electron chi connectivity index (χ1n) is 5.20. The monoisotopic (exact) mass is 235 g/mol. The summed E-state index contributed by atoms with van der Waals surface area (Å²) < 4.78 is 23.3. The van der Waals surface area contributed by atoms with Crippen LogP contribution in [0.1, 0.15) is 24.8 Å². The van der Waals surface area contributed by atoms with Crippen molar-refractivity contribution in [3.8, 4) is 6.07 Å². The smallest absolute Gasteiger partial charge is 0.175 e. The zero-order chi connectivity index (χ0) is 11.8. The predicted molar refractivity (Wildman–Crippen MR) is 60.7 cm³/mol. The van der Waals surface area contributed by atoms with Crippen LogP contribution in [0.15, 0.2) is 29.2 Å². The Hall–Kier alpha value is -1.34. The van der Waals surface area contributed by atoms with Crippen molar-refractivity contribution in [2.45, 2.75) is 29.6 Å². The van der Waals surface area contributed by atoms with Crippen LogP contribution in [0.5, 0.6) is 0 Å². The zero-order valence-corrected chi connectivity index (χ0v) is 9.92. The molecule has 4 heteroatoms. The van der Waals surface area contributed by atoms with Gasteiger partial charge in [-0.25, -0.2) is 8.42 Å². The first-order valence-corrected chi connectivity index (χ1v) is 7.10. The Bertz CT molecular complexity index is 551. The van der Waals surface area contributed by atoms with Crippen molar-refractivity contribution in [3.05, 3.63) is 29.8 Å². The minimum Gasteiger partial charge on any atom is -0.224 e. The minimum atomic E-state index is -3.25. The third-order valence-electron chi connectivity index (χ3n) is 3.22. The SMILES string of the molecule is CS(=O)(=O)c1ccccc1C1(C#N)CCC1. The topological polar surface area (TPSA) is 57.9 Å². The molecule has 1 aromatic carbocycles. The van der Waals surface area contributed by atoms with E-state index in [1.54, 1.807) is 24.3 Å². The van der Waals surface area contributed by atoms with Gasteiger partial charge in [0.25, 0.3) is 0 Å². The van der Waals surface area contributed by atoms with E-state index in [0.29, 0.717) is 10.5 Å². The maximum atomic E-state index is 11.6. The fourth-order valence-electron chi connectivity index (χ4n) is 2.16. The average Bonchev–Trinajstić information content (AvgIpc) is 2.16. The zero-order valence-electron chi connectivity index (χ0n) is 9.10. The van der Waals surface area contributed by atoms with Crippen LogP contribution in [0.25, 0.3) is 0 Å². The molecule has 0 aromatic heterocycles. The highest BCUT2D eigenvalue weighted by Gasteiger charge is 2.41. The van der Waals surface area contributed by atoms with Crippen molar-refractivity contribution in [2.75, 3.05) is 6.26 Å². The van der Waals surface area contributed by atoms with Gasteiger partial charge in [0.15, 0.2) is 9.84 Å². The molecule has 2 rings (SSSR count). The van der Waals surface area contributed by atoms with Crippen molar-refractivity contribution in [1.29, 1.82) is 5.26 Å². The van der Waals surface area contributed by atoms with Crippen molar-refractivity contribution < 1.29 is 8.42 Å². The summed E-state index contributed by atoms with van der Waals surface area (Å²) in [6, 6.07) is 9.12. The number of nitrogens with zero attached hydrogens (tertiary/aromatic N) is 1. The predicted octanol–water partition coefficient (Wildman–Crippen LogP) is 2.04. The molecule has 0 N–H and O–H groups in total. The van der Waals surface area contributed by atoms with Crippen LogP contribution in [0, 0.1) is 11.3 Å². The lowest BCUT2D eigenvalue weighted by molar-refractivity contribution is 0.318. The van der Waals surface area contributed by atoms with Gasteiger partial charge in [0.05, 0.1) is 16.4 Å². The van der Waals surface area contributed by atoms with Crippen LogP contribution < -0.4 is 0 Å². The van der Waals surface area contributed by atoms with E-state index in [0.717, 1.165) is 19.3 Å². The molecule has 84 valence electrons. The molecular formula is C12H13NO2S. The Morgan fingerprint density at radius 3 is 2.38 bits per heavy atom. The molecule has 0 saturated heterocycles. The number of sulfone groups is 1. The van der Waals surface area contributed by atoms with Crippen molar-refractivity contribution >= 4 is 9.84 Å². The Morgan fingerprint density at radius 2 is 1.94 bits per heavy atom. The van der Waals surface area contributed by atoms with E-state index in [-0.39, 0.29) is 0 Å². The number of rotatable bonds is 2. The van der Waals surface area contributed by atoms with Crippen molar-refractivity contribution in [2.24, 2.45) is 0 Å². The third-order valence-corrected chi connectivity index (χ3v) is 4.38. The number of hydrogen-bond donors (Lipinski definition) is 0. The maximum Gasteiger partial charge on any atom is 0.175 e. The van der Waals surface area contributed by atoms with Gasteiger partial charge in [-0.3, -0.25) is 0 Å². The summed E-state index contributed by atoms with van der Waals surface area (Å²) in [4.78, 5) is 0.302. The quantitative estimate of drug-likeness (QED) is 0.788. The summed E-state index contributed by atoms with van der Waals surface area (Å²) in [6.07, 6.45) is 3.70. The summed E-state index contributed by atoms with van der Waals surface area (Å²) >= 11 is 0. The van der Waals surface area contributed by atoms with E-state index in [2.05, 4.69) is 6.07 Å². The molecule has 1 saturated carbocycles. The van der Waals surface area contributed by atoms with Gasteiger partial charge in [0.1, 0.15) is 0 Å². The van der Waals surface area contributed by atoms with Gasteiger partial charge in [0.2, 0.25) is 0 Å². The Kier molecular flexibility index (Phi) is 2.51. The first-order chi connectivity index (χ1) is 7.49. The molecule has 1 aliphatic carbocycles. The van der Waals surface area contributed by atoms with Gasteiger partial charge in [-0.2, -0.15) is 5.26 Å². The van der Waals surface area contributed by atoms with Crippen LogP contribution in [0.3, 0.4) is 0 Å². The molecule has 1 aliphatic rings. The molecule has 0 atom stereocenters. The molecule has 3 nitrogen and oxygen atoms in total. The van der Waals surface area contributed by atoms with E-state index in [1.807, 2.05) is 0 Å². The average molecular weight is 235 g/mol. The highest BCUT2D eigenvalue weighted by Crippen LogP contribution is 2.45. The van der Waals surface area contributed by atoms with Gasteiger partial charge in [-0.05, 0) is 30.9 Å². The normalized spacial score (nSPS) is 18.5. The lowest BCUT2D eigenvalue weighted by atomic mass is 9.65. The Labute approximate surface area is 95.6 Å². The van der Waals surface area contributed by atoms with Gasteiger partial charge < -0.3 is 0 Å². The minimum absolute atomic E-state index is 0.302.